The Morgan fingerprint density at radius 3 is 1.33 bits per heavy atom. The highest BCUT2D eigenvalue weighted by Gasteiger charge is 2.28. The van der Waals surface area contributed by atoms with Crippen molar-refractivity contribution in [3.63, 3.8) is 0 Å². The molecule has 358 valence electrons. The first-order chi connectivity index (χ1) is 33.9. The van der Waals surface area contributed by atoms with Crippen LogP contribution in [0.3, 0.4) is 0 Å². The van der Waals surface area contributed by atoms with Gasteiger partial charge in [0.2, 0.25) is 0 Å². The number of nitriles is 2. The Bertz CT molecular complexity index is 2800. The molecule has 0 saturated carbocycles. The topological polar surface area (TPSA) is 151 Å². The predicted molar refractivity (Wildman–Crippen MR) is 269 cm³/mol. The summed E-state index contributed by atoms with van der Waals surface area (Å²) < 4.78 is 25.1. The molecule has 2 saturated heterocycles. The zero-order valence-corrected chi connectivity index (χ0v) is 41.5. The number of benzene rings is 4. The quantitative estimate of drug-likeness (QED) is 0.0972. The summed E-state index contributed by atoms with van der Waals surface area (Å²) in [4.78, 5) is 39.7. The van der Waals surface area contributed by atoms with Crippen LogP contribution in [0, 0.1) is 34.5 Å². The van der Waals surface area contributed by atoms with Crippen molar-refractivity contribution < 1.29 is 28.5 Å². The molecule has 8 rings (SSSR count). The van der Waals surface area contributed by atoms with Crippen molar-refractivity contribution in [1.82, 2.24) is 19.8 Å². The van der Waals surface area contributed by atoms with Crippen molar-refractivity contribution in [2.45, 2.75) is 66.0 Å². The Kier molecular flexibility index (Phi) is 16.3. The molecular formula is C54H48Cl4N6O6. The van der Waals surface area contributed by atoms with Gasteiger partial charge in [-0.1, -0.05) is 96.6 Å². The van der Waals surface area contributed by atoms with E-state index in [4.69, 9.17) is 65.4 Å². The van der Waals surface area contributed by atoms with E-state index in [2.05, 4.69) is 36.0 Å². The summed E-state index contributed by atoms with van der Waals surface area (Å²) in [6.07, 6.45) is 9.74. The number of pyridine rings is 2. The smallest absolute Gasteiger partial charge is 0.257 e. The first-order valence-electron chi connectivity index (χ1n) is 22.9. The highest BCUT2D eigenvalue weighted by Crippen LogP contribution is 2.41. The second kappa shape index (κ2) is 22.9. The van der Waals surface area contributed by atoms with E-state index in [0.717, 1.165) is 25.7 Å². The Morgan fingerprint density at radius 2 is 0.943 bits per heavy atom. The normalized spacial score (nSPS) is 14.1. The van der Waals surface area contributed by atoms with E-state index < -0.39 is 0 Å². The average Bonchev–Trinajstić information content (AvgIpc) is 3.38. The third kappa shape index (κ3) is 11.9. The van der Waals surface area contributed by atoms with E-state index in [-0.39, 0.29) is 71.3 Å². The molecular weight excluding hydrogens is 970 g/mol. The van der Waals surface area contributed by atoms with Gasteiger partial charge in [0, 0.05) is 96.5 Å². The summed E-state index contributed by atoms with van der Waals surface area (Å²) in [5, 5.41) is 20.0. The molecule has 2 aliphatic rings. The van der Waals surface area contributed by atoms with E-state index >= 15 is 0 Å². The zero-order chi connectivity index (χ0) is 49.3. The Hall–Kier alpha value is -6.54. The Labute approximate surface area is 427 Å². The number of hydrogen-bond acceptors (Lipinski definition) is 10. The van der Waals surface area contributed by atoms with Gasteiger partial charge in [0.25, 0.3) is 11.8 Å². The molecule has 2 aliphatic heterocycles. The Balaban J connectivity index is 1.01. The number of ether oxygens (including phenoxy) is 4. The maximum atomic E-state index is 13.9. The molecule has 0 aliphatic carbocycles. The molecule has 70 heavy (non-hydrogen) atoms. The van der Waals surface area contributed by atoms with Crippen LogP contribution in [0.25, 0.3) is 11.1 Å². The van der Waals surface area contributed by atoms with Gasteiger partial charge >= 0.3 is 0 Å². The number of hydrogen-bond donors (Lipinski definition) is 0. The van der Waals surface area contributed by atoms with Crippen molar-refractivity contribution >= 4 is 58.2 Å². The molecule has 2 amide bonds. The van der Waals surface area contributed by atoms with E-state index in [1.54, 1.807) is 48.8 Å². The van der Waals surface area contributed by atoms with Crippen molar-refractivity contribution in [3.8, 4) is 46.3 Å². The fourth-order valence-electron chi connectivity index (χ4n) is 8.31. The molecule has 0 bridgehead atoms. The molecule has 0 N–H and O–H groups in total. The molecule has 12 nitrogen and oxygen atoms in total. The van der Waals surface area contributed by atoms with Gasteiger partial charge in [-0.05, 0) is 61.8 Å². The van der Waals surface area contributed by atoms with Gasteiger partial charge in [-0.15, -0.1) is 0 Å². The lowest BCUT2D eigenvalue weighted by atomic mass is 9.98. The minimum absolute atomic E-state index is 0.0102. The first-order valence-corrected chi connectivity index (χ1v) is 24.4. The van der Waals surface area contributed by atoms with Crippen molar-refractivity contribution in [2.24, 2.45) is 11.8 Å². The fourth-order valence-corrected chi connectivity index (χ4v) is 9.32. The monoisotopic (exact) mass is 1020 g/mol. The van der Waals surface area contributed by atoms with Gasteiger partial charge in [-0.2, -0.15) is 10.5 Å². The summed E-state index contributed by atoms with van der Waals surface area (Å²) in [5.41, 5.74) is 5.26. The number of amides is 2. The molecule has 4 aromatic carbocycles. The SMILES string of the molecule is CC1CCN(C(=O)c2cc(Cl)c(OCc3cccc(-c4cccc(COc5cc(OCc6cncc(C#N)c6)c(C(=O)N6CCC(C)CC6)cc5Cl)c4Cl)c3Cl)cc2OCc2cncc(C#N)c2)CC1. The number of piperidine rings is 2. The van der Waals surface area contributed by atoms with Gasteiger partial charge in [0.15, 0.2) is 0 Å². The number of likely N-dealkylation sites (tertiary alicyclic amines) is 2. The number of carbonyl (C=O) groups is 2. The van der Waals surface area contributed by atoms with Crippen LogP contribution in [0.15, 0.2) is 97.6 Å². The summed E-state index contributed by atoms with van der Waals surface area (Å²) in [6.45, 7) is 6.97. The molecule has 2 aromatic heterocycles. The number of rotatable bonds is 15. The predicted octanol–water partition coefficient (Wildman–Crippen LogP) is 12.6. The van der Waals surface area contributed by atoms with Crippen LogP contribution in [0.4, 0.5) is 0 Å². The molecule has 0 spiro atoms. The van der Waals surface area contributed by atoms with E-state index in [9.17, 15) is 20.1 Å². The summed E-state index contributed by atoms with van der Waals surface area (Å²) in [7, 11) is 0. The van der Waals surface area contributed by atoms with Gasteiger partial charge < -0.3 is 28.7 Å². The maximum Gasteiger partial charge on any atom is 0.257 e. The molecule has 16 heteroatoms. The summed E-state index contributed by atoms with van der Waals surface area (Å²) in [6, 6.07) is 25.0. The standard InChI is InChI=1S/C54H48Cl4N6O6/c1-33-9-13-63(14-10-33)53(65)43-19-45(55)49(21-47(43)67-29-37-17-35(23-59)25-61-27-37)69-31-39-5-3-7-41(51(39)57)42-8-4-6-40(52(42)58)32-70-50-22-48(68-30-38-18-36(24-60)26-62-28-38)44(20-46(50)56)54(66)64-15-11-34(2)12-16-64/h3-8,17-22,25-28,33-34H,9-16,29-32H2,1-2H3. The molecule has 4 heterocycles. The van der Waals surface area contributed by atoms with Gasteiger partial charge in [0.1, 0.15) is 61.6 Å². The molecule has 6 aromatic rings. The lowest BCUT2D eigenvalue weighted by Gasteiger charge is -2.31. The van der Waals surface area contributed by atoms with Crippen LogP contribution < -0.4 is 18.9 Å². The number of halogens is 4. The van der Waals surface area contributed by atoms with Crippen LogP contribution >= 0.6 is 46.4 Å². The maximum absolute atomic E-state index is 13.9. The summed E-state index contributed by atoms with van der Waals surface area (Å²) in [5.74, 6) is 1.78. The van der Waals surface area contributed by atoms with Crippen molar-refractivity contribution in [1.29, 1.82) is 10.5 Å². The second-order valence-corrected chi connectivity index (χ2v) is 19.2. The molecule has 2 fully saturated rings. The molecule has 0 atom stereocenters. The largest absolute Gasteiger partial charge is 0.488 e. The van der Waals surface area contributed by atoms with Crippen LogP contribution in [0.5, 0.6) is 23.0 Å². The molecule has 0 radical (unpaired) electrons. The van der Waals surface area contributed by atoms with Gasteiger partial charge in [0.05, 0.1) is 42.3 Å². The van der Waals surface area contributed by atoms with Crippen molar-refractivity contribution in [3.05, 3.63) is 162 Å². The van der Waals surface area contributed by atoms with E-state index in [1.807, 2.05) is 46.2 Å². The lowest BCUT2D eigenvalue weighted by molar-refractivity contribution is 0.0684. The second-order valence-electron chi connectivity index (χ2n) is 17.6. The number of nitrogens with zero attached hydrogens (tertiary/aromatic N) is 6. The minimum atomic E-state index is -0.192. The van der Waals surface area contributed by atoms with Crippen LogP contribution in [0.2, 0.25) is 20.1 Å². The van der Waals surface area contributed by atoms with E-state index in [1.165, 1.54) is 12.4 Å². The van der Waals surface area contributed by atoms with Crippen molar-refractivity contribution in [2.75, 3.05) is 26.2 Å². The van der Waals surface area contributed by atoms with Gasteiger partial charge in [-0.3, -0.25) is 19.6 Å². The summed E-state index contributed by atoms with van der Waals surface area (Å²) >= 11 is 27.9. The number of aromatic nitrogens is 2. The highest BCUT2D eigenvalue weighted by molar-refractivity contribution is 6.37. The lowest BCUT2D eigenvalue weighted by Crippen LogP contribution is -2.38. The Morgan fingerprint density at radius 1 is 0.557 bits per heavy atom. The third-order valence-corrected chi connectivity index (χ3v) is 14.0. The first kappa shape index (κ1) is 49.9. The van der Waals surface area contributed by atoms with Crippen LogP contribution in [-0.2, 0) is 26.4 Å². The minimum Gasteiger partial charge on any atom is -0.488 e. The average molecular weight is 1020 g/mol. The highest BCUT2D eigenvalue weighted by atomic mass is 35.5. The molecule has 0 unspecified atom stereocenters. The fraction of sp³-hybridized carbons (Fsp3) is 0.296. The third-order valence-electron chi connectivity index (χ3n) is 12.5. The number of carbonyl (C=O) groups excluding carboxylic acids is 2. The zero-order valence-electron chi connectivity index (χ0n) is 38.5. The van der Waals surface area contributed by atoms with Gasteiger partial charge in [-0.25, -0.2) is 0 Å². The van der Waals surface area contributed by atoms with Crippen LogP contribution in [-0.4, -0.2) is 57.8 Å². The van der Waals surface area contributed by atoms with Crippen LogP contribution in [0.1, 0.15) is 93.6 Å². The van der Waals surface area contributed by atoms with E-state index in [0.29, 0.717) is 104 Å².